The second-order valence-electron chi connectivity index (χ2n) is 7.77. The first-order chi connectivity index (χ1) is 14.7. The number of aryl methyl sites for hydroxylation is 2. The van der Waals surface area contributed by atoms with Crippen molar-refractivity contribution in [2.45, 2.75) is 51.2 Å². The number of nitrogens with zero attached hydrogens (tertiary/aromatic N) is 6. The van der Waals surface area contributed by atoms with Gasteiger partial charge in [-0.1, -0.05) is 11.6 Å². The van der Waals surface area contributed by atoms with Crippen LogP contribution in [0.5, 0.6) is 0 Å². The average Bonchev–Trinajstić information content (AvgIpc) is 3.35. The maximum absolute atomic E-state index is 12.4. The standard InChI is InChI=1S/C20H29ClN8O/c1-22-19(25-15-8-13-27(14-15)18-16(21)6-4-9-23-18)24-10-5-12-29-20(30)28-11-3-2-7-17(28)26-29/h4,6,9,15H,2-3,5,7-8,10-14H2,1H3,(H2,22,24,25). The Labute approximate surface area is 181 Å². The molecule has 1 saturated heterocycles. The van der Waals surface area contributed by atoms with Gasteiger partial charge >= 0.3 is 5.69 Å². The molecule has 2 N–H and O–H groups in total. The summed E-state index contributed by atoms with van der Waals surface area (Å²) in [6.07, 6.45) is 6.64. The number of nitrogens with one attached hydrogen (secondary N) is 2. The van der Waals surface area contributed by atoms with Crippen molar-refractivity contribution in [2.24, 2.45) is 4.99 Å². The van der Waals surface area contributed by atoms with Gasteiger partial charge in [0.15, 0.2) is 5.96 Å². The van der Waals surface area contributed by atoms with E-state index in [1.165, 1.54) is 0 Å². The number of hydrogen-bond acceptors (Lipinski definition) is 5. The molecule has 30 heavy (non-hydrogen) atoms. The van der Waals surface area contributed by atoms with Gasteiger partial charge in [0.1, 0.15) is 11.6 Å². The van der Waals surface area contributed by atoms with Crippen LogP contribution in [0, 0.1) is 0 Å². The van der Waals surface area contributed by atoms with E-state index in [9.17, 15) is 4.79 Å². The second-order valence-corrected chi connectivity index (χ2v) is 8.18. The Hall–Kier alpha value is -2.55. The molecule has 2 aromatic rings. The summed E-state index contributed by atoms with van der Waals surface area (Å²) >= 11 is 6.27. The van der Waals surface area contributed by atoms with Gasteiger partial charge in [0.2, 0.25) is 0 Å². The third-order valence-corrected chi connectivity index (χ3v) is 5.96. The highest BCUT2D eigenvalue weighted by molar-refractivity contribution is 6.32. The second kappa shape index (κ2) is 9.51. The lowest BCUT2D eigenvalue weighted by molar-refractivity contribution is 0.509. The first kappa shape index (κ1) is 20.7. The molecule has 4 rings (SSSR count). The predicted molar refractivity (Wildman–Crippen MR) is 118 cm³/mol. The smallest absolute Gasteiger partial charge is 0.345 e. The van der Waals surface area contributed by atoms with Gasteiger partial charge in [-0.25, -0.2) is 14.5 Å². The number of rotatable bonds is 6. The van der Waals surface area contributed by atoms with Gasteiger partial charge in [0, 0.05) is 58.4 Å². The number of anilines is 1. The quantitative estimate of drug-likeness (QED) is 0.405. The Morgan fingerprint density at radius 3 is 3.07 bits per heavy atom. The van der Waals surface area contributed by atoms with E-state index in [1.54, 1.807) is 17.9 Å². The molecule has 2 aromatic heterocycles. The van der Waals surface area contributed by atoms with E-state index in [1.807, 2.05) is 16.7 Å². The molecule has 4 heterocycles. The maximum Gasteiger partial charge on any atom is 0.345 e. The zero-order valence-electron chi connectivity index (χ0n) is 17.3. The lowest BCUT2D eigenvalue weighted by Gasteiger charge is -2.20. The number of pyridine rings is 1. The maximum atomic E-state index is 12.4. The highest BCUT2D eigenvalue weighted by Crippen LogP contribution is 2.25. The Bertz CT molecular complexity index is 953. The van der Waals surface area contributed by atoms with E-state index in [4.69, 9.17) is 11.6 Å². The Morgan fingerprint density at radius 1 is 1.37 bits per heavy atom. The van der Waals surface area contributed by atoms with E-state index in [0.29, 0.717) is 11.6 Å². The van der Waals surface area contributed by atoms with Gasteiger partial charge < -0.3 is 15.5 Å². The molecule has 0 radical (unpaired) electrons. The number of fused-ring (bicyclic) bond motifs is 1. The molecule has 0 spiro atoms. The highest BCUT2D eigenvalue weighted by atomic mass is 35.5. The number of guanidine groups is 1. The average molecular weight is 433 g/mol. The molecule has 162 valence electrons. The lowest BCUT2D eigenvalue weighted by atomic mass is 10.2. The van der Waals surface area contributed by atoms with Crippen LogP contribution in [0.1, 0.15) is 31.5 Å². The molecule has 1 atom stereocenters. The fraction of sp³-hybridized carbons (Fsp3) is 0.600. The summed E-state index contributed by atoms with van der Waals surface area (Å²) in [5, 5.41) is 12.0. The monoisotopic (exact) mass is 432 g/mol. The largest absolute Gasteiger partial charge is 0.356 e. The normalized spacial score (nSPS) is 19.1. The molecule has 0 aromatic carbocycles. The summed E-state index contributed by atoms with van der Waals surface area (Å²) in [5.74, 6) is 2.53. The third-order valence-electron chi connectivity index (χ3n) is 5.66. The van der Waals surface area contributed by atoms with Crippen molar-refractivity contribution in [2.75, 3.05) is 31.6 Å². The zero-order chi connectivity index (χ0) is 20.9. The van der Waals surface area contributed by atoms with Gasteiger partial charge in [-0.15, -0.1) is 0 Å². The van der Waals surface area contributed by atoms with Gasteiger partial charge in [-0.05, 0) is 37.8 Å². The SMILES string of the molecule is CN=C(NCCCn1nc2n(c1=O)CCCC2)NC1CCN(c2ncccc2Cl)C1. The molecule has 10 heteroatoms. The summed E-state index contributed by atoms with van der Waals surface area (Å²) in [4.78, 5) is 23.3. The molecule has 0 aliphatic carbocycles. The topological polar surface area (TPSA) is 92.4 Å². The molecule has 2 aliphatic rings. The molecular formula is C20H29ClN8O. The fourth-order valence-electron chi connectivity index (χ4n) is 4.10. The van der Waals surface area contributed by atoms with Crippen LogP contribution in [0.15, 0.2) is 28.1 Å². The van der Waals surface area contributed by atoms with E-state index in [0.717, 1.165) is 75.9 Å². The van der Waals surface area contributed by atoms with E-state index in [2.05, 4.69) is 30.6 Å². The molecule has 0 saturated carbocycles. The van der Waals surface area contributed by atoms with Crippen LogP contribution in [-0.2, 0) is 19.5 Å². The van der Waals surface area contributed by atoms with Crippen molar-refractivity contribution < 1.29 is 0 Å². The van der Waals surface area contributed by atoms with E-state index in [-0.39, 0.29) is 11.7 Å². The van der Waals surface area contributed by atoms with Gasteiger partial charge in [-0.3, -0.25) is 9.56 Å². The van der Waals surface area contributed by atoms with Crippen LogP contribution in [0.3, 0.4) is 0 Å². The summed E-state index contributed by atoms with van der Waals surface area (Å²) in [6.45, 7) is 3.85. The van der Waals surface area contributed by atoms with Crippen molar-refractivity contribution in [3.05, 3.63) is 39.7 Å². The van der Waals surface area contributed by atoms with Crippen LogP contribution >= 0.6 is 11.6 Å². The van der Waals surface area contributed by atoms with Crippen LogP contribution < -0.4 is 21.2 Å². The Morgan fingerprint density at radius 2 is 2.27 bits per heavy atom. The van der Waals surface area contributed by atoms with Crippen molar-refractivity contribution in [3.63, 3.8) is 0 Å². The minimum Gasteiger partial charge on any atom is -0.356 e. The lowest BCUT2D eigenvalue weighted by Crippen LogP contribution is -2.45. The Kier molecular flexibility index (Phi) is 6.56. The first-order valence-electron chi connectivity index (χ1n) is 10.6. The van der Waals surface area contributed by atoms with E-state index >= 15 is 0 Å². The van der Waals surface area contributed by atoms with Crippen molar-refractivity contribution >= 4 is 23.4 Å². The molecule has 2 aliphatic heterocycles. The highest BCUT2D eigenvalue weighted by Gasteiger charge is 2.25. The summed E-state index contributed by atoms with van der Waals surface area (Å²) in [6, 6.07) is 3.99. The minimum atomic E-state index is 0.0198. The van der Waals surface area contributed by atoms with Gasteiger partial charge in [-0.2, -0.15) is 5.10 Å². The minimum absolute atomic E-state index is 0.0198. The Balaban J connectivity index is 1.23. The van der Waals surface area contributed by atoms with Crippen molar-refractivity contribution in [1.29, 1.82) is 0 Å². The van der Waals surface area contributed by atoms with Gasteiger partial charge in [0.05, 0.1) is 5.02 Å². The number of hydrogen-bond donors (Lipinski definition) is 2. The van der Waals surface area contributed by atoms with E-state index < -0.39 is 0 Å². The molecule has 1 fully saturated rings. The van der Waals surface area contributed by atoms with Crippen molar-refractivity contribution in [1.82, 2.24) is 30.0 Å². The van der Waals surface area contributed by atoms with Crippen LogP contribution in [-0.4, -0.2) is 58.0 Å². The number of aliphatic imine (C=N–C) groups is 1. The van der Waals surface area contributed by atoms with Crippen molar-refractivity contribution in [3.8, 4) is 0 Å². The molecule has 1 unspecified atom stereocenters. The zero-order valence-corrected chi connectivity index (χ0v) is 18.1. The summed E-state index contributed by atoms with van der Waals surface area (Å²) in [5.41, 5.74) is 0.0198. The molecule has 0 amide bonds. The number of halogens is 1. The van der Waals surface area contributed by atoms with Crippen LogP contribution in [0.4, 0.5) is 5.82 Å². The summed E-state index contributed by atoms with van der Waals surface area (Å²) in [7, 11) is 1.77. The third kappa shape index (κ3) is 4.61. The molecule has 0 bridgehead atoms. The van der Waals surface area contributed by atoms with Crippen LogP contribution in [0.2, 0.25) is 5.02 Å². The van der Waals surface area contributed by atoms with Crippen LogP contribution in [0.25, 0.3) is 0 Å². The predicted octanol–water partition coefficient (Wildman–Crippen LogP) is 1.26. The molecular weight excluding hydrogens is 404 g/mol. The molecule has 9 nitrogen and oxygen atoms in total. The van der Waals surface area contributed by atoms with Gasteiger partial charge in [0.25, 0.3) is 0 Å². The first-order valence-corrected chi connectivity index (χ1v) is 11.0. The number of aromatic nitrogens is 4. The summed E-state index contributed by atoms with van der Waals surface area (Å²) < 4.78 is 3.42. The fourth-order valence-corrected chi connectivity index (χ4v) is 4.34.